The first-order valence-corrected chi connectivity index (χ1v) is 8.26. The molecule has 3 aromatic rings. The highest BCUT2D eigenvalue weighted by molar-refractivity contribution is 6.05. The molecular weight excluding hydrogens is 330 g/mol. The molecule has 2 amide bonds. The van der Waals surface area contributed by atoms with Crippen molar-refractivity contribution in [2.45, 2.75) is 13.0 Å². The number of hydrogen-bond acceptors (Lipinski definition) is 3. The minimum atomic E-state index is -0.528. The fourth-order valence-electron chi connectivity index (χ4n) is 2.80. The third kappa shape index (κ3) is 3.04. The molecular formula is C20H17N3O3. The quantitative estimate of drug-likeness (QED) is 0.762. The number of fused-ring (bicyclic) bond motifs is 1. The van der Waals surface area contributed by atoms with Gasteiger partial charge in [0.1, 0.15) is 5.75 Å². The van der Waals surface area contributed by atoms with Gasteiger partial charge in [0.15, 0.2) is 6.10 Å². The predicted octanol–water partition coefficient (Wildman–Crippen LogP) is 3.45. The van der Waals surface area contributed by atoms with E-state index in [0.717, 1.165) is 5.69 Å². The van der Waals surface area contributed by atoms with Crippen molar-refractivity contribution in [3.8, 4) is 11.4 Å². The average molecular weight is 347 g/mol. The maximum Gasteiger partial charge on any atom is 0.265 e. The Kier molecular flexibility index (Phi) is 3.93. The number of rotatable bonds is 3. The lowest BCUT2D eigenvalue weighted by Crippen LogP contribution is -2.34. The third-order valence-corrected chi connectivity index (χ3v) is 4.18. The number of amides is 2. The van der Waals surface area contributed by atoms with Crippen molar-refractivity contribution in [1.82, 2.24) is 4.57 Å². The van der Waals surface area contributed by atoms with Crippen molar-refractivity contribution in [3.63, 3.8) is 0 Å². The molecule has 0 spiro atoms. The Morgan fingerprint density at radius 1 is 1.12 bits per heavy atom. The van der Waals surface area contributed by atoms with Gasteiger partial charge in [0, 0.05) is 29.3 Å². The van der Waals surface area contributed by atoms with Crippen LogP contribution in [-0.4, -0.2) is 22.5 Å². The summed E-state index contributed by atoms with van der Waals surface area (Å²) in [6, 6.07) is 16.4. The SMILES string of the molecule is CC1Oc2ccc(NC(=O)c3cccc(-n4cccc4)c3)cc2NC1=O. The van der Waals surface area contributed by atoms with E-state index in [9.17, 15) is 9.59 Å². The van der Waals surface area contributed by atoms with Gasteiger partial charge in [-0.2, -0.15) is 0 Å². The summed E-state index contributed by atoms with van der Waals surface area (Å²) < 4.78 is 7.45. The van der Waals surface area contributed by atoms with Gasteiger partial charge < -0.3 is 19.9 Å². The first-order chi connectivity index (χ1) is 12.6. The number of nitrogens with zero attached hydrogens (tertiary/aromatic N) is 1. The smallest absolute Gasteiger partial charge is 0.265 e. The normalized spacial score (nSPS) is 15.6. The molecule has 130 valence electrons. The molecule has 0 fully saturated rings. The second kappa shape index (κ2) is 6.40. The summed E-state index contributed by atoms with van der Waals surface area (Å²) in [7, 11) is 0. The molecule has 6 nitrogen and oxygen atoms in total. The predicted molar refractivity (Wildman–Crippen MR) is 98.9 cm³/mol. The summed E-state index contributed by atoms with van der Waals surface area (Å²) >= 11 is 0. The van der Waals surface area contributed by atoms with Crippen LogP contribution in [0.1, 0.15) is 17.3 Å². The van der Waals surface area contributed by atoms with Crippen molar-refractivity contribution in [3.05, 3.63) is 72.6 Å². The van der Waals surface area contributed by atoms with Gasteiger partial charge in [-0.1, -0.05) is 6.07 Å². The summed E-state index contributed by atoms with van der Waals surface area (Å²) in [5.41, 5.74) is 2.58. The standard InChI is InChI=1S/C20H17N3O3/c1-13-19(24)22-17-12-15(7-8-18(17)26-13)21-20(25)14-5-4-6-16(11-14)23-9-2-3-10-23/h2-13H,1H3,(H,21,25)(H,22,24). The summed E-state index contributed by atoms with van der Waals surface area (Å²) in [6.07, 6.45) is 3.31. The Morgan fingerprint density at radius 2 is 1.92 bits per heavy atom. The molecule has 2 N–H and O–H groups in total. The molecule has 0 aliphatic carbocycles. The molecule has 2 aromatic carbocycles. The average Bonchev–Trinajstić information content (AvgIpc) is 3.18. The first kappa shape index (κ1) is 16.0. The van der Waals surface area contributed by atoms with Crippen LogP contribution in [0.25, 0.3) is 5.69 Å². The molecule has 1 unspecified atom stereocenters. The molecule has 1 aliphatic rings. The fourth-order valence-corrected chi connectivity index (χ4v) is 2.80. The number of ether oxygens (including phenoxy) is 1. The Balaban J connectivity index is 1.55. The molecule has 0 saturated heterocycles. The molecule has 6 heteroatoms. The topological polar surface area (TPSA) is 72.4 Å². The third-order valence-electron chi connectivity index (χ3n) is 4.18. The maximum atomic E-state index is 12.6. The molecule has 4 rings (SSSR count). The Bertz CT molecular complexity index is 980. The van der Waals surface area contributed by atoms with Gasteiger partial charge >= 0.3 is 0 Å². The van der Waals surface area contributed by atoms with Gasteiger partial charge in [-0.25, -0.2) is 0 Å². The zero-order valence-electron chi connectivity index (χ0n) is 14.1. The van der Waals surface area contributed by atoms with Gasteiger partial charge in [0.05, 0.1) is 5.69 Å². The van der Waals surface area contributed by atoms with E-state index in [1.54, 1.807) is 31.2 Å². The van der Waals surface area contributed by atoms with Gasteiger partial charge in [-0.15, -0.1) is 0 Å². The highest BCUT2D eigenvalue weighted by atomic mass is 16.5. The highest BCUT2D eigenvalue weighted by Crippen LogP contribution is 2.32. The summed E-state index contributed by atoms with van der Waals surface area (Å²) in [4.78, 5) is 24.3. The number of hydrogen-bond donors (Lipinski definition) is 2. The van der Waals surface area contributed by atoms with Crippen LogP contribution in [0, 0.1) is 0 Å². The van der Waals surface area contributed by atoms with Crippen molar-refractivity contribution in [2.24, 2.45) is 0 Å². The minimum absolute atomic E-state index is 0.208. The Morgan fingerprint density at radius 3 is 2.73 bits per heavy atom. The maximum absolute atomic E-state index is 12.6. The number of carbonyl (C=O) groups is 2. The van der Waals surface area contributed by atoms with E-state index in [-0.39, 0.29) is 11.8 Å². The van der Waals surface area contributed by atoms with Gasteiger partial charge in [0.25, 0.3) is 11.8 Å². The monoisotopic (exact) mass is 347 g/mol. The van der Waals surface area contributed by atoms with Crippen LogP contribution >= 0.6 is 0 Å². The molecule has 0 radical (unpaired) electrons. The summed E-state index contributed by atoms with van der Waals surface area (Å²) in [5, 5.41) is 5.62. The number of benzene rings is 2. The van der Waals surface area contributed by atoms with Crippen LogP contribution in [0.4, 0.5) is 11.4 Å². The largest absolute Gasteiger partial charge is 0.479 e. The Hall–Kier alpha value is -3.54. The van der Waals surface area contributed by atoms with Crippen molar-refractivity contribution in [2.75, 3.05) is 10.6 Å². The molecule has 1 aliphatic heterocycles. The van der Waals surface area contributed by atoms with Crippen molar-refractivity contribution >= 4 is 23.2 Å². The summed E-state index contributed by atoms with van der Waals surface area (Å²) in [6.45, 7) is 1.69. The zero-order valence-corrected chi connectivity index (χ0v) is 14.1. The zero-order chi connectivity index (χ0) is 18.1. The summed E-state index contributed by atoms with van der Waals surface area (Å²) in [5.74, 6) is 0.153. The molecule has 1 atom stereocenters. The number of carbonyl (C=O) groups excluding carboxylic acids is 2. The number of aromatic nitrogens is 1. The van der Waals surface area contributed by atoms with Gasteiger partial charge in [-0.05, 0) is 55.5 Å². The van der Waals surface area contributed by atoms with E-state index >= 15 is 0 Å². The first-order valence-electron chi connectivity index (χ1n) is 8.26. The van der Waals surface area contributed by atoms with Crippen LogP contribution in [0.2, 0.25) is 0 Å². The van der Waals surface area contributed by atoms with Crippen LogP contribution < -0.4 is 15.4 Å². The molecule has 1 aromatic heterocycles. The molecule has 0 saturated carbocycles. The van der Waals surface area contributed by atoms with E-state index in [1.165, 1.54) is 0 Å². The van der Waals surface area contributed by atoms with Crippen LogP contribution in [0.5, 0.6) is 5.75 Å². The fraction of sp³-hybridized carbons (Fsp3) is 0.100. The number of anilines is 2. The van der Waals surface area contributed by atoms with Gasteiger partial charge in [0.2, 0.25) is 0 Å². The van der Waals surface area contributed by atoms with E-state index in [4.69, 9.17) is 4.74 Å². The van der Waals surface area contributed by atoms with Gasteiger partial charge in [-0.3, -0.25) is 9.59 Å². The number of nitrogens with one attached hydrogen (secondary N) is 2. The second-order valence-corrected chi connectivity index (χ2v) is 6.06. The van der Waals surface area contributed by atoms with E-state index < -0.39 is 6.10 Å². The second-order valence-electron chi connectivity index (χ2n) is 6.06. The minimum Gasteiger partial charge on any atom is -0.479 e. The van der Waals surface area contributed by atoms with Crippen LogP contribution in [0.3, 0.4) is 0 Å². The molecule has 0 bridgehead atoms. The van der Waals surface area contributed by atoms with Crippen molar-refractivity contribution in [1.29, 1.82) is 0 Å². The lowest BCUT2D eigenvalue weighted by Gasteiger charge is -2.23. The van der Waals surface area contributed by atoms with E-state index in [1.807, 2.05) is 47.3 Å². The molecule has 26 heavy (non-hydrogen) atoms. The van der Waals surface area contributed by atoms with Crippen molar-refractivity contribution < 1.29 is 14.3 Å². The lowest BCUT2D eigenvalue weighted by molar-refractivity contribution is -0.122. The molecule has 2 heterocycles. The lowest BCUT2D eigenvalue weighted by atomic mass is 10.1. The van der Waals surface area contributed by atoms with Crippen LogP contribution in [-0.2, 0) is 4.79 Å². The van der Waals surface area contributed by atoms with E-state index in [2.05, 4.69) is 10.6 Å². The Labute approximate surface area is 150 Å². The van der Waals surface area contributed by atoms with Crippen LogP contribution in [0.15, 0.2) is 67.0 Å². The highest BCUT2D eigenvalue weighted by Gasteiger charge is 2.23. The van der Waals surface area contributed by atoms with E-state index in [0.29, 0.717) is 22.7 Å².